The van der Waals surface area contributed by atoms with Gasteiger partial charge in [0.2, 0.25) is 0 Å². The molecule has 0 spiro atoms. The molecule has 0 aromatic carbocycles. The Bertz CT molecular complexity index is 424. The van der Waals surface area contributed by atoms with Crippen molar-refractivity contribution in [2.24, 2.45) is 11.1 Å². The summed E-state index contributed by atoms with van der Waals surface area (Å²) in [6, 6.07) is 3.47. The molecule has 0 fully saturated rings. The number of hydrogen-bond acceptors (Lipinski definition) is 3. The van der Waals surface area contributed by atoms with Crippen LogP contribution >= 0.6 is 12.2 Å². The molecule has 0 unspecified atom stereocenters. The first-order chi connectivity index (χ1) is 7.86. The van der Waals surface area contributed by atoms with E-state index in [1.807, 2.05) is 20.8 Å². The molecule has 0 aliphatic heterocycles. The Kier molecular flexibility index (Phi) is 4.28. The van der Waals surface area contributed by atoms with Crippen LogP contribution in [0.15, 0.2) is 16.5 Å². The highest BCUT2D eigenvalue weighted by Gasteiger charge is 2.23. The normalized spacial score (nSPS) is 11.2. The third-order valence-corrected chi connectivity index (χ3v) is 3.14. The van der Waals surface area contributed by atoms with Crippen LogP contribution < -0.4 is 11.1 Å². The Morgan fingerprint density at radius 1 is 1.53 bits per heavy atom. The maximum Gasteiger partial charge on any atom is 0.287 e. The molecule has 1 aromatic rings. The zero-order chi connectivity index (χ0) is 13.1. The van der Waals surface area contributed by atoms with Crippen molar-refractivity contribution >= 4 is 23.1 Å². The number of carbonyl (C=O) groups excluding carboxylic acids is 1. The maximum absolute atomic E-state index is 11.8. The molecule has 1 heterocycles. The minimum Gasteiger partial charge on any atom is -0.456 e. The van der Waals surface area contributed by atoms with E-state index in [2.05, 4.69) is 5.32 Å². The van der Waals surface area contributed by atoms with E-state index in [1.165, 1.54) is 0 Å². The SMILES string of the molecule is CCc1ccc(C(=O)NCC(C)(C)C(N)=S)o1. The molecule has 1 aromatic heterocycles. The fourth-order valence-corrected chi connectivity index (χ4v) is 1.24. The lowest BCUT2D eigenvalue weighted by atomic mass is 9.93. The molecule has 17 heavy (non-hydrogen) atoms. The van der Waals surface area contributed by atoms with E-state index in [9.17, 15) is 4.79 Å². The molecule has 0 aliphatic carbocycles. The van der Waals surface area contributed by atoms with Crippen molar-refractivity contribution in [2.45, 2.75) is 27.2 Å². The van der Waals surface area contributed by atoms with Crippen LogP contribution in [0.4, 0.5) is 0 Å². The van der Waals surface area contributed by atoms with Crippen LogP contribution in [0.2, 0.25) is 0 Å². The quantitative estimate of drug-likeness (QED) is 0.787. The maximum atomic E-state index is 11.8. The van der Waals surface area contributed by atoms with Gasteiger partial charge in [0.05, 0.1) is 4.99 Å². The highest BCUT2D eigenvalue weighted by Crippen LogP contribution is 2.14. The monoisotopic (exact) mass is 254 g/mol. The van der Waals surface area contributed by atoms with Gasteiger partial charge in [-0.05, 0) is 12.1 Å². The zero-order valence-corrected chi connectivity index (χ0v) is 11.2. The highest BCUT2D eigenvalue weighted by atomic mass is 32.1. The van der Waals surface area contributed by atoms with E-state index >= 15 is 0 Å². The smallest absolute Gasteiger partial charge is 0.287 e. The minimum atomic E-state index is -0.398. The zero-order valence-electron chi connectivity index (χ0n) is 10.4. The number of thiocarbonyl (C=S) groups is 1. The standard InChI is InChI=1S/C12H18N2O2S/c1-4-8-5-6-9(16-8)10(15)14-7-12(2,3)11(13)17/h5-6H,4,7H2,1-3H3,(H2,13,17)(H,14,15). The summed E-state index contributed by atoms with van der Waals surface area (Å²) in [6.45, 7) is 6.13. The number of carbonyl (C=O) groups is 1. The summed E-state index contributed by atoms with van der Waals surface area (Å²) in [5.74, 6) is 0.873. The van der Waals surface area contributed by atoms with Gasteiger partial charge in [0.15, 0.2) is 5.76 Å². The van der Waals surface area contributed by atoms with Gasteiger partial charge in [0.1, 0.15) is 5.76 Å². The van der Waals surface area contributed by atoms with E-state index in [1.54, 1.807) is 12.1 Å². The molecule has 0 atom stereocenters. The number of hydrogen-bond donors (Lipinski definition) is 2. The minimum absolute atomic E-state index is 0.242. The Labute approximate surface area is 107 Å². The largest absolute Gasteiger partial charge is 0.456 e. The lowest BCUT2D eigenvalue weighted by Gasteiger charge is -2.22. The number of aryl methyl sites for hydroxylation is 1. The van der Waals surface area contributed by atoms with E-state index in [4.69, 9.17) is 22.4 Å². The van der Waals surface area contributed by atoms with Gasteiger partial charge in [-0.1, -0.05) is 33.0 Å². The summed E-state index contributed by atoms with van der Waals surface area (Å²) in [4.78, 5) is 12.1. The first-order valence-electron chi connectivity index (χ1n) is 5.53. The van der Waals surface area contributed by atoms with Gasteiger partial charge in [-0.3, -0.25) is 4.79 Å². The van der Waals surface area contributed by atoms with E-state index in [0.29, 0.717) is 17.3 Å². The Morgan fingerprint density at radius 3 is 2.65 bits per heavy atom. The van der Waals surface area contributed by atoms with Gasteiger partial charge in [-0.15, -0.1) is 0 Å². The second kappa shape index (κ2) is 5.31. The van der Waals surface area contributed by atoms with Crippen LogP contribution in [0.5, 0.6) is 0 Å². The molecule has 3 N–H and O–H groups in total. The molecular formula is C12H18N2O2S. The molecular weight excluding hydrogens is 236 g/mol. The molecule has 1 rings (SSSR count). The van der Waals surface area contributed by atoms with Crippen LogP contribution in [0.3, 0.4) is 0 Å². The predicted molar refractivity (Wildman–Crippen MR) is 71.0 cm³/mol. The summed E-state index contributed by atoms with van der Waals surface area (Å²) < 4.78 is 5.34. The molecule has 0 bridgehead atoms. The Balaban J connectivity index is 2.58. The lowest BCUT2D eigenvalue weighted by Crippen LogP contribution is -2.41. The van der Waals surface area contributed by atoms with Crippen molar-refractivity contribution in [3.8, 4) is 0 Å². The first kappa shape index (κ1) is 13.7. The molecule has 5 heteroatoms. The van der Waals surface area contributed by atoms with Crippen LogP contribution in [-0.4, -0.2) is 17.4 Å². The van der Waals surface area contributed by atoms with Gasteiger partial charge in [0.25, 0.3) is 5.91 Å². The van der Waals surface area contributed by atoms with E-state index in [0.717, 1.165) is 12.2 Å². The molecule has 0 saturated heterocycles. The Morgan fingerprint density at radius 2 is 2.18 bits per heavy atom. The highest BCUT2D eigenvalue weighted by molar-refractivity contribution is 7.80. The van der Waals surface area contributed by atoms with Crippen molar-refractivity contribution in [2.75, 3.05) is 6.54 Å². The molecule has 0 aliphatic rings. The number of nitrogens with two attached hydrogens (primary N) is 1. The van der Waals surface area contributed by atoms with Gasteiger partial charge in [-0.25, -0.2) is 0 Å². The summed E-state index contributed by atoms with van der Waals surface area (Å²) >= 11 is 4.93. The van der Waals surface area contributed by atoms with E-state index < -0.39 is 5.41 Å². The molecule has 4 nitrogen and oxygen atoms in total. The van der Waals surface area contributed by atoms with E-state index in [-0.39, 0.29) is 5.91 Å². The number of amides is 1. The van der Waals surface area contributed by atoms with Gasteiger partial charge in [0, 0.05) is 18.4 Å². The topological polar surface area (TPSA) is 68.3 Å². The number of nitrogens with one attached hydrogen (secondary N) is 1. The summed E-state index contributed by atoms with van der Waals surface area (Å²) in [7, 11) is 0. The van der Waals surface area contributed by atoms with Crippen molar-refractivity contribution in [1.82, 2.24) is 5.32 Å². The molecule has 0 radical (unpaired) electrons. The molecule has 1 amide bonds. The van der Waals surface area contributed by atoms with Gasteiger partial charge >= 0.3 is 0 Å². The van der Waals surface area contributed by atoms with Crippen LogP contribution in [0.25, 0.3) is 0 Å². The molecule has 94 valence electrons. The first-order valence-corrected chi connectivity index (χ1v) is 5.94. The fourth-order valence-electron chi connectivity index (χ4n) is 1.17. The van der Waals surface area contributed by atoms with Crippen molar-refractivity contribution in [3.63, 3.8) is 0 Å². The summed E-state index contributed by atoms with van der Waals surface area (Å²) in [5, 5.41) is 2.76. The second-order valence-corrected chi connectivity index (χ2v) is 4.99. The third-order valence-electron chi connectivity index (χ3n) is 2.59. The lowest BCUT2D eigenvalue weighted by molar-refractivity contribution is 0.0915. The molecule has 0 saturated carbocycles. The summed E-state index contributed by atoms with van der Waals surface area (Å²) in [5.41, 5.74) is 5.18. The number of rotatable bonds is 5. The average Bonchev–Trinajstić information content (AvgIpc) is 2.74. The number of furan rings is 1. The average molecular weight is 254 g/mol. The predicted octanol–water partition coefficient (Wildman–Crippen LogP) is 1.88. The van der Waals surface area contributed by atoms with Gasteiger partial charge in [-0.2, -0.15) is 0 Å². The Hall–Kier alpha value is -1.36. The second-order valence-electron chi connectivity index (χ2n) is 4.55. The van der Waals surface area contributed by atoms with Crippen LogP contribution in [0.1, 0.15) is 37.1 Å². The van der Waals surface area contributed by atoms with Crippen molar-refractivity contribution in [1.29, 1.82) is 0 Å². The van der Waals surface area contributed by atoms with Crippen molar-refractivity contribution in [3.05, 3.63) is 23.7 Å². The van der Waals surface area contributed by atoms with Crippen molar-refractivity contribution < 1.29 is 9.21 Å². The third kappa shape index (κ3) is 3.56. The fraction of sp³-hybridized carbons (Fsp3) is 0.500. The van der Waals surface area contributed by atoms with Crippen LogP contribution in [0, 0.1) is 5.41 Å². The van der Waals surface area contributed by atoms with Crippen LogP contribution in [-0.2, 0) is 6.42 Å². The summed E-state index contributed by atoms with van der Waals surface area (Å²) in [6.07, 6.45) is 0.770. The van der Waals surface area contributed by atoms with Gasteiger partial charge < -0.3 is 15.5 Å².